The van der Waals surface area contributed by atoms with Crippen LogP contribution in [0.2, 0.25) is 0 Å². The fourth-order valence-electron chi connectivity index (χ4n) is 1.44. The lowest BCUT2D eigenvalue weighted by atomic mass is 10.2. The Labute approximate surface area is 108 Å². The Kier molecular flexibility index (Phi) is 4.35. The summed E-state index contributed by atoms with van der Waals surface area (Å²) in [5, 5.41) is 3.34. The Morgan fingerprint density at radius 2 is 2.25 bits per heavy atom. The second-order valence-corrected chi connectivity index (χ2v) is 4.56. The summed E-state index contributed by atoms with van der Waals surface area (Å²) in [4.78, 5) is 4.08. The maximum absolute atomic E-state index is 5.45. The fourth-order valence-corrected chi connectivity index (χ4v) is 1.90. The van der Waals surface area contributed by atoms with Crippen molar-refractivity contribution in [2.45, 2.75) is 13.0 Å². The molecule has 0 fully saturated rings. The molecule has 0 atom stereocenters. The van der Waals surface area contributed by atoms with Gasteiger partial charge in [0.05, 0.1) is 6.54 Å². The van der Waals surface area contributed by atoms with Crippen molar-refractivity contribution in [2.24, 2.45) is 0 Å². The third-order valence-electron chi connectivity index (χ3n) is 2.24. The van der Waals surface area contributed by atoms with Gasteiger partial charge in [0.15, 0.2) is 3.77 Å². The van der Waals surface area contributed by atoms with Crippen LogP contribution in [-0.4, -0.2) is 11.5 Å². The lowest BCUT2D eigenvalue weighted by Gasteiger charge is -2.02. The van der Waals surface area contributed by atoms with Gasteiger partial charge in [-0.15, -0.1) is 0 Å². The molecule has 2 aromatic rings. The molecule has 84 valence electrons. The first-order chi connectivity index (χ1) is 7.84. The van der Waals surface area contributed by atoms with E-state index in [4.69, 9.17) is 4.42 Å². The van der Waals surface area contributed by atoms with Gasteiger partial charge in [-0.05, 0) is 59.3 Å². The molecule has 16 heavy (non-hydrogen) atoms. The first-order valence-electron chi connectivity index (χ1n) is 5.18. The molecule has 0 radical (unpaired) electrons. The molecule has 0 saturated heterocycles. The minimum atomic E-state index is 0.781. The normalized spacial score (nSPS) is 10.6. The Bertz CT molecular complexity index is 428. The summed E-state index contributed by atoms with van der Waals surface area (Å²) in [6.07, 6.45) is 4.69. The number of furan rings is 1. The van der Waals surface area contributed by atoms with Crippen molar-refractivity contribution in [1.29, 1.82) is 0 Å². The van der Waals surface area contributed by atoms with Crippen LogP contribution in [0.25, 0.3) is 0 Å². The average Bonchev–Trinajstić information content (AvgIpc) is 2.72. The minimum Gasteiger partial charge on any atom is -0.454 e. The van der Waals surface area contributed by atoms with Gasteiger partial charge in [0.2, 0.25) is 0 Å². The highest BCUT2D eigenvalue weighted by atomic mass is 127. The molecule has 0 aliphatic rings. The van der Waals surface area contributed by atoms with Gasteiger partial charge >= 0.3 is 0 Å². The molecule has 0 bridgehead atoms. The Morgan fingerprint density at radius 1 is 1.31 bits per heavy atom. The van der Waals surface area contributed by atoms with E-state index in [1.165, 1.54) is 5.56 Å². The zero-order valence-electron chi connectivity index (χ0n) is 8.82. The van der Waals surface area contributed by atoms with E-state index in [9.17, 15) is 0 Å². The first-order valence-corrected chi connectivity index (χ1v) is 6.26. The van der Waals surface area contributed by atoms with Gasteiger partial charge in [-0.3, -0.25) is 4.98 Å². The Balaban J connectivity index is 1.69. The third kappa shape index (κ3) is 3.61. The Morgan fingerprint density at radius 3 is 2.94 bits per heavy atom. The van der Waals surface area contributed by atoms with Crippen molar-refractivity contribution in [3.63, 3.8) is 0 Å². The number of nitrogens with one attached hydrogen (secondary N) is 1. The monoisotopic (exact) mass is 328 g/mol. The number of halogens is 1. The van der Waals surface area contributed by atoms with E-state index in [1.54, 1.807) is 6.20 Å². The number of aromatic nitrogens is 1. The lowest BCUT2D eigenvalue weighted by molar-refractivity contribution is 0.464. The van der Waals surface area contributed by atoms with Crippen LogP contribution in [-0.2, 0) is 13.0 Å². The van der Waals surface area contributed by atoms with Crippen LogP contribution in [0.3, 0.4) is 0 Å². The summed E-state index contributed by atoms with van der Waals surface area (Å²) in [6, 6.07) is 8.02. The third-order valence-corrected chi connectivity index (χ3v) is 2.82. The van der Waals surface area contributed by atoms with Gasteiger partial charge in [0, 0.05) is 12.4 Å². The van der Waals surface area contributed by atoms with E-state index >= 15 is 0 Å². The number of rotatable bonds is 5. The van der Waals surface area contributed by atoms with E-state index < -0.39 is 0 Å². The van der Waals surface area contributed by atoms with Gasteiger partial charge in [0.1, 0.15) is 5.76 Å². The van der Waals surface area contributed by atoms with Crippen molar-refractivity contribution < 1.29 is 4.42 Å². The lowest BCUT2D eigenvalue weighted by Crippen LogP contribution is -2.16. The topological polar surface area (TPSA) is 38.1 Å². The first kappa shape index (κ1) is 11.6. The van der Waals surface area contributed by atoms with Crippen LogP contribution in [0.5, 0.6) is 0 Å². The summed E-state index contributed by atoms with van der Waals surface area (Å²) in [5.74, 6) is 0.982. The predicted molar refractivity (Wildman–Crippen MR) is 71.1 cm³/mol. The van der Waals surface area contributed by atoms with Gasteiger partial charge in [-0.25, -0.2) is 0 Å². The molecule has 3 nitrogen and oxygen atoms in total. The standard InChI is InChI=1S/C12H13IN2O/c13-12-4-3-11(16-12)9-15-7-5-10-2-1-6-14-8-10/h1-4,6,8,15H,5,7,9H2. The van der Waals surface area contributed by atoms with Crippen LogP contribution >= 0.6 is 22.6 Å². The summed E-state index contributed by atoms with van der Waals surface area (Å²) < 4.78 is 6.38. The average molecular weight is 328 g/mol. The molecular weight excluding hydrogens is 315 g/mol. The molecule has 2 aromatic heterocycles. The summed E-state index contributed by atoms with van der Waals surface area (Å²) in [6.45, 7) is 1.71. The zero-order valence-corrected chi connectivity index (χ0v) is 11.0. The van der Waals surface area contributed by atoms with Crippen LogP contribution in [0.15, 0.2) is 41.1 Å². The summed E-state index contributed by atoms with van der Waals surface area (Å²) >= 11 is 2.17. The van der Waals surface area contributed by atoms with Crippen molar-refractivity contribution >= 4 is 22.6 Å². The molecule has 0 aromatic carbocycles. The maximum Gasteiger partial charge on any atom is 0.164 e. The van der Waals surface area contributed by atoms with E-state index in [0.717, 1.165) is 29.0 Å². The fraction of sp³-hybridized carbons (Fsp3) is 0.250. The molecule has 0 spiro atoms. The van der Waals surface area contributed by atoms with Crippen molar-refractivity contribution in [3.05, 3.63) is 51.7 Å². The zero-order chi connectivity index (χ0) is 11.2. The molecule has 0 aliphatic heterocycles. The highest BCUT2D eigenvalue weighted by Gasteiger charge is 1.98. The number of nitrogens with zero attached hydrogens (tertiary/aromatic N) is 1. The molecule has 0 amide bonds. The number of hydrogen-bond acceptors (Lipinski definition) is 3. The van der Waals surface area contributed by atoms with Gasteiger partial charge in [-0.1, -0.05) is 6.07 Å². The largest absolute Gasteiger partial charge is 0.454 e. The predicted octanol–water partition coefficient (Wildman–Crippen LogP) is 2.61. The van der Waals surface area contributed by atoms with Crippen LogP contribution < -0.4 is 5.32 Å². The Hall–Kier alpha value is -0.880. The molecule has 0 unspecified atom stereocenters. The number of pyridine rings is 1. The molecule has 0 aliphatic carbocycles. The highest BCUT2D eigenvalue weighted by molar-refractivity contribution is 14.1. The molecular formula is C12H13IN2O. The highest BCUT2D eigenvalue weighted by Crippen LogP contribution is 2.09. The summed E-state index contributed by atoms with van der Waals surface area (Å²) in [7, 11) is 0. The van der Waals surface area contributed by atoms with E-state index in [-0.39, 0.29) is 0 Å². The molecule has 2 rings (SSSR count). The van der Waals surface area contributed by atoms with Crippen molar-refractivity contribution in [1.82, 2.24) is 10.3 Å². The van der Waals surface area contributed by atoms with Gasteiger partial charge < -0.3 is 9.73 Å². The SMILES string of the molecule is Ic1ccc(CNCCc2cccnc2)o1. The smallest absolute Gasteiger partial charge is 0.164 e. The van der Waals surface area contributed by atoms with E-state index in [2.05, 4.69) is 39.0 Å². The van der Waals surface area contributed by atoms with Crippen molar-refractivity contribution in [2.75, 3.05) is 6.54 Å². The van der Waals surface area contributed by atoms with Crippen LogP contribution in [0, 0.1) is 3.77 Å². The molecule has 1 N–H and O–H groups in total. The quantitative estimate of drug-likeness (QED) is 0.677. The molecule has 4 heteroatoms. The van der Waals surface area contributed by atoms with Crippen LogP contribution in [0.4, 0.5) is 0 Å². The maximum atomic E-state index is 5.45. The molecule has 0 saturated carbocycles. The second-order valence-electron chi connectivity index (χ2n) is 3.49. The number of hydrogen-bond donors (Lipinski definition) is 1. The second kappa shape index (κ2) is 6.00. The van der Waals surface area contributed by atoms with E-state index in [1.807, 2.05) is 24.4 Å². The van der Waals surface area contributed by atoms with Gasteiger partial charge in [0.25, 0.3) is 0 Å². The van der Waals surface area contributed by atoms with E-state index in [0.29, 0.717) is 0 Å². The van der Waals surface area contributed by atoms with Crippen LogP contribution in [0.1, 0.15) is 11.3 Å². The van der Waals surface area contributed by atoms with Crippen molar-refractivity contribution in [3.8, 4) is 0 Å². The van der Waals surface area contributed by atoms with Gasteiger partial charge in [-0.2, -0.15) is 0 Å². The minimum absolute atomic E-state index is 0.781. The summed E-state index contributed by atoms with van der Waals surface area (Å²) in [5.41, 5.74) is 1.25. The molecule has 2 heterocycles.